The molecule has 35 heavy (non-hydrogen) atoms. The Morgan fingerprint density at radius 3 is 2.51 bits per heavy atom. The number of amides is 1. The van der Waals surface area contributed by atoms with Crippen LogP contribution in [0.1, 0.15) is 28.4 Å². The average molecular weight is 540 g/mol. The van der Waals surface area contributed by atoms with E-state index in [0.29, 0.717) is 33.8 Å². The maximum absolute atomic E-state index is 12.4. The zero-order valence-electron chi connectivity index (χ0n) is 19.6. The van der Waals surface area contributed by atoms with Crippen LogP contribution in [-0.2, 0) is 9.53 Å². The molecule has 182 valence electrons. The van der Waals surface area contributed by atoms with Crippen LogP contribution in [0.3, 0.4) is 0 Å². The topological polar surface area (TPSA) is 98.2 Å². The Hall–Kier alpha value is -3.85. The molecule has 3 aromatic rings. The second-order valence-electron chi connectivity index (χ2n) is 7.41. The number of carbonyl (C=O) groups is 2. The molecule has 0 saturated carbocycles. The molecular formula is C26H26BrN3O5. The van der Waals surface area contributed by atoms with Gasteiger partial charge in [0.15, 0.2) is 18.1 Å². The lowest BCUT2D eigenvalue weighted by Crippen LogP contribution is -2.20. The van der Waals surface area contributed by atoms with Crippen LogP contribution in [0.15, 0.2) is 70.2 Å². The normalized spacial score (nSPS) is 10.6. The molecule has 0 fully saturated rings. The Morgan fingerprint density at radius 2 is 1.83 bits per heavy atom. The molecule has 0 atom stereocenters. The highest BCUT2D eigenvalue weighted by molar-refractivity contribution is 9.10. The van der Waals surface area contributed by atoms with Gasteiger partial charge >= 0.3 is 5.97 Å². The minimum atomic E-state index is -0.412. The zero-order valence-corrected chi connectivity index (χ0v) is 21.2. The third kappa shape index (κ3) is 7.58. The average Bonchev–Trinajstić information content (AvgIpc) is 2.83. The number of hydrogen-bond acceptors (Lipinski definition) is 7. The lowest BCUT2D eigenvalue weighted by Gasteiger charge is -2.13. The predicted octanol–water partition coefficient (Wildman–Crippen LogP) is 5.41. The van der Waals surface area contributed by atoms with Gasteiger partial charge in [0.1, 0.15) is 0 Å². The number of halogens is 1. The van der Waals surface area contributed by atoms with Gasteiger partial charge in [-0.25, -0.2) is 4.79 Å². The first-order valence-corrected chi connectivity index (χ1v) is 11.6. The Bertz CT molecular complexity index is 1210. The number of anilines is 2. The molecule has 0 aliphatic rings. The van der Waals surface area contributed by atoms with Crippen LogP contribution in [0, 0.1) is 6.92 Å². The molecule has 2 N–H and O–H groups in total. The van der Waals surface area contributed by atoms with Crippen LogP contribution in [0.2, 0.25) is 0 Å². The van der Waals surface area contributed by atoms with Gasteiger partial charge < -0.3 is 19.5 Å². The molecule has 0 aliphatic heterocycles. The molecule has 3 rings (SSSR count). The van der Waals surface area contributed by atoms with E-state index in [1.807, 2.05) is 37.3 Å². The van der Waals surface area contributed by atoms with Gasteiger partial charge in [0, 0.05) is 5.69 Å². The van der Waals surface area contributed by atoms with Crippen molar-refractivity contribution in [2.45, 2.75) is 13.8 Å². The van der Waals surface area contributed by atoms with Crippen LogP contribution in [-0.4, -0.2) is 38.4 Å². The molecule has 0 unspecified atom stereocenters. The summed E-state index contributed by atoms with van der Waals surface area (Å²) in [7, 11) is 1.52. The van der Waals surface area contributed by atoms with Gasteiger partial charge in [-0.3, -0.25) is 10.2 Å². The van der Waals surface area contributed by atoms with E-state index in [1.54, 1.807) is 43.5 Å². The van der Waals surface area contributed by atoms with Gasteiger partial charge in [-0.2, -0.15) is 5.10 Å². The largest absolute Gasteiger partial charge is 0.493 e. The number of nitrogens with one attached hydrogen (secondary N) is 2. The van der Waals surface area contributed by atoms with E-state index >= 15 is 0 Å². The Balaban J connectivity index is 1.59. The SMILES string of the molecule is CCOC(=O)c1ccc(NC(=O)COc2c(Br)cc(/C=N\Nc3cccc(C)c3)cc2OC)cc1. The fraction of sp³-hybridized carbons (Fsp3) is 0.192. The van der Waals surface area contributed by atoms with Gasteiger partial charge in [0.25, 0.3) is 5.91 Å². The molecule has 0 heterocycles. The molecule has 0 bridgehead atoms. The van der Waals surface area contributed by atoms with Crippen LogP contribution < -0.4 is 20.2 Å². The van der Waals surface area contributed by atoms with Crippen molar-refractivity contribution < 1.29 is 23.8 Å². The van der Waals surface area contributed by atoms with Crippen molar-refractivity contribution in [3.63, 3.8) is 0 Å². The standard InChI is InChI=1S/C26H26BrN3O5/c1-4-34-26(32)19-8-10-20(11-9-19)29-24(31)16-35-25-22(27)13-18(14-23(25)33-3)15-28-30-21-7-5-6-17(2)12-21/h5-15,30H,4,16H2,1-3H3,(H,29,31)/b28-15-. The minimum Gasteiger partial charge on any atom is -0.493 e. The smallest absolute Gasteiger partial charge is 0.338 e. The van der Waals surface area contributed by atoms with Crippen LogP contribution >= 0.6 is 15.9 Å². The highest BCUT2D eigenvalue weighted by Gasteiger charge is 2.14. The number of carbonyl (C=O) groups excluding carboxylic acids is 2. The summed E-state index contributed by atoms with van der Waals surface area (Å²) < 4.78 is 16.7. The van der Waals surface area contributed by atoms with Gasteiger partial charge in [-0.05, 0) is 89.4 Å². The summed E-state index contributed by atoms with van der Waals surface area (Å²) in [6, 6.07) is 17.9. The van der Waals surface area contributed by atoms with E-state index in [2.05, 4.69) is 31.8 Å². The molecule has 0 saturated heterocycles. The number of ether oxygens (including phenoxy) is 3. The molecule has 1 amide bonds. The lowest BCUT2D eigenvalue weighted by molar-refractivity contribution is -0.118. The quantitative estimate of drug-likeness (QED) is 0.203. The van der Waals surface area contributed by atoms with E-state index in [-0.39, 0.29) is 12.5 Å². The van der Waals surface area contributed by atoms with Crippen LogP contribution in [0.5, 0.6) is 11.5 Å². The Labute approximate surface area is 212 Å². The van der Waals surface area contributed by atoms with Gasteiger partial charge in [0.05, 0.1) is 35.7 Å². The van der Waals surface area contributed by atoms with E-state index in [1.165, 1.54) is 7.11 Å². The van der Waals surface area contributed by atoms with Crippen molar-refractivity contribution in [3.8, 4) is 11.5 Å². The van der Waals surface area contributed by atoms with Crippen molar-refractivity contribution in [1.82, 2.24) is 0 Å². The Kier molecular flexibility index (Phi) is 9.25. The number of methoxy groups -OCH3 is 1. The zero-order chi connectivity index (χ0) is 25.2. The van der Waals surface area contributed by atoms with Gasteiger partial charge in [0.2, 0.25) is 0 Å². The summed E-state index contributed by atoms with van der Waals surface area (Å²) in [5, 5.41) is 6.99. The summed E-state index contributed by atoms with van der Waals surface area (Å²) >= 11 is 3.47. The van der Waals surface area contributed by atoms with Crippen molar-refractivity contribution >= 4 is 45.4 Å². The molecular weight excluding hydrogens is 514 g/mol. The van der Waals surface area contributed by atoms with E-state index < -0.39 is 5.97 Å². The third-order valence-electron chi connectivity index (χ3n) is 4.70. The summed E-state index contributed by atoms with van der Waals surface area (Å²) in [4.78, 5) is 24.1. The number of rotatable bonds is 10. The van der Waals surface area contributed by atoms with Gasteiger partial charge in [-0.1, -0.05) is 12.1 Å². The number of hydrogen-bond donors (Lipinski definition) is 2. The molecule has 0 spiro atoms. The third-order valence-corrected chi connectivity index (χ3v) is 5.29. The summed E-state index contributed by atoms with van der Waals surface area (Å²) in [5.74, 6) is 0.0630. The second kappa shape index (κ2) is 12.6. The first kappa shape index (κ1) is 25.8. The van der Waals surface area contributed by atoms with Crippen LogP contribution in [0.25, 0.3) is 0 Å². The molecule has 3 aromatic carbocycles. The van der Waals surface area contributed by atoms with Crippen molar-refractivity contribution in [3.05, 3.63) is 81.8 Å². The van der Waals surface area contributed by atoms with E-state index in [9.17, 15) is 9.59 Å². The number of benzene rings is 3. The molecule has 9 heteroatoms. The molecule has 0 aliphatic carbocycles. The highest BCUT2D eigenvalue weighted by Crippen LogP contribution is 2.36. The Morgan fingerprint density at radius 1 is 1.06 bits per heavy atom. The van der Waals surface area contributed by atoms with E-state index in [0.717, 1.165) is 16.8 Å². The molecule has 0 aromatic heterocycles. The highest BCUT2D eigenvalue weighted by atomic mass is 79.9. The van der Waals surface area contributed by atoms with Crippen molar-refractivity contribution in [1.29, 1.82) is 0 Å². The summed E-state index contributed by atoms with van der Waals surface area (Å²) in [6.45, 7) is 3.81. The summed E-state index contributed by atoms with van der Waals surface area (Å²) in [5.41, 5.74) is 6.72. The first-order valence-electron chi connectivity index (χ1n) is 10.8. The first-order chi connectivity index (χ1) is 16.9. The number of hydrazone groups is 1. The monoisotopic (exact) mass is 539 g/mol. The maximum atomic E-state index is 12.4. The van der Waals surface area contributed by atoms with Crippen molar-refractivity contribution in [2.75, 3.05) is 31.1 Å². The second-order valence-corrected chi connectivity index (χ2v) is 8.26. The summed E-state index contributed by atoms with van der Waals surface area (Å²) in [6.07, 6.45) is 1.66. The number of aryl methyl sites for hydroxylation is 1. The minimum absolute atomic E-state index is 0.239. The maximum Gasteiger partial charge on any atom is 0.338 e. The van der Waals surface area contributed by atoms with Crippen molar-refractivity contribution in [2.24, 2.45) is 5.10 Å². The van der Waals surface area contributed by atoms with E-state index in [4.69, 9.17) is 14.2 Å². The molecule has 8 nitrogen and oxygen atoms in total. The molecule has 0 radical (unpaired) electrons. The van der Waals surface area contributed by atoms with Gasteiger partial charge in [-0.15, -0.1) is 0 Å². The number of nitrogens with zero attached hydrogens (tertiary/aromatic N) is 1. The fourth-order valence-electron chi connectivity index (χ4n) is 3.09. The lowest BCUT2D eigenvalue weighted by atomic mass is 10.2. The van der Waals surface area contributed by atoms with Crippen LogP contribution in [0.4, 0.5) is 11.4 Å². The predicted molar refractivity (Wildman–Crippen MR) is 140 cm³/mol. The number of esters is 1. The fourth-order valence-corrected chi connectivity index (χ4v) is 3.66.